The quantitative estimate of drug-likeness (QED) is 0.454. The topological polar surface area (TPSA) is 28.1 Å². The number of hydrogen-bond donors (Lipinski definition) is 0. The molecule has 0 bridgehead atoms. The molecule has 0 rings (SSSR count). The molecule has 0 aliphatic carbocycles. The van der Waals surface area contributed by atoms with Gasteiger partial charge in [-0.2, -0.15) is 0 Å². The third kappa shape index (κ3) is 6.98. The molecule has 0 radical (unpaired) electrons. The zero-order valence-corrected chi connectivity index (χ0v) is 15.1. The maximum atomic E-state index is 5.18. The van der Waals surface area contributed by atoms with Gasteiger partial charge in [-0.15, -0.1) is 0 Å². The fourth-order valence-electron chi connectivity index (χ4n) is 2.35. The molecular weight excluding hydrogens is 262 g/mol. The van der Waals surface area contributed by atoms with E-state index in [-0.39, 0.29) is 0 Å². The monoisotopic (exact) mass is 297 g/mol. The first kappa shape index (κ1) is 20.0. The van der Waals surface area contributed by atoms with Crippen molar-refractivity contribution in [2.45, 2.75) is 66.5 Å². The minimum absolute atomic E-state index is 0.368. The van der Waals surface area contributed by atoms with E-state index in [1.165, 1.54) is 0 Å². The lowest BCUT2D eigenvalue weighted by atomic mass is 10.2. The third-order valence-electron chi connectivity index (χ3n) is 3.79. The van der Waals surface area contributed by atoms with Crippen LogP contribution in [0, 0.1) is 0 Å². The molecule has 0 amide bonds. The molecule has 0 saturated carbocycles. The number of aliphatic imine (C=N–C) groups is 1. The molecule has 0 unspecified atom stereocenters. The zero-order valence-electron chi connectivity index (χ0n) is 15.1. The smallest absolute Gasteiger partial charge is 0.123 e. The van der Waals surface area contributed by atoms with E-state index in [1.54, 1.807) is 7.11 Å². The molecule has 0 aromatic heterocycles. The average Bonchev–Trinajstić information content (AvgIpc) is 2.43. The molecule has 4 nitrogen and oxygen atoms in total. The van der Waals surface area contributed by atoms with E-state index >= 15 is 0 Å². The molecule has 21 heavy (non-hydrogen) atoms. The first-order valence-electron chi connectivity index (χ1n) is 8.15. The highest BCUT2D eigenvalue weighted by Crippen LogP contribution is 2.12. The Kier molecular flexibility index (Phi) is 10.1. The molecular formula is C17H35N3O. The van der Waals surface area contributed by atoms with E-state index in [0.717, 1.165) is 37.6 Å². The molecule has 0 fully saturated rings. The number of amidine groups is 1. The summed E-state index contributed by atoms with van der Waals surface area (Å²) in [6, 6.07) is 0.875. The van der Waals surface area contributed by atoms with Crippen LogP contribution in [0.25, 0.3) is 0 Å². The number of hydrogen-bond acceptors (Lipinski definition) is 3. The minimum atomic E-state index is 0.368. The number of rotatable bonds is 10. The summed E-state index contributed by atoms with van der Waals surface area (Å²) in [4.78, 5) is 9.32. The van der Waals surface area contributed by atoms with Crippen LogP contribution in [0.2, 0.25) is 0 Å². The summed E-state index contributed by atoms with van der Waals surface area (Å²) >= 11 is 0. The Hall–Kier alpha value is -1.03. The van der Waals surface area contributed by atoms with Gasteiger partial charge in [-0.3, -0.25) is 0 Å². The summed E-state index contributed by atoms with van der Waals surface area (Å²) in [6.45, 7) is 19.8. The van der Waals surface area contributed by atoms with Crippen molar-refractivity contribution in [2.75, 3.05) is 26.8 Å². The first-order valence-corrected chi connectivity index (χ1v) is 8.15. The van der Waals surface area contributed by atoms with Gasteiger partial charge in [0.25, 0.3) is 0 Å². The van der Waals surface area contributed by atoms with E-state index in [4.69, 9.17) is 9.73 Å². The van der Waals surface area contributed by atoms with Gasteiger partial charge in [-0.05, 0) is 40.5 Å². The minimum Gasteiger partial charge on any atom is -0.383 e. The zero-order chi connectivity index (χ0) is 16.4. The molecule has 0 aromatic rings. The Bertz CT molecular complexity index is 326. The normalized spacial score (nSPS) is 13.4. The van der Waals surface area contributed by atoms with Gasteiger partial charge in [0.05, 0.1) is 6.61 Å². The third-order valence-corrected chi connectivity index (χ3v) is 3.79. The molecule has 0 spiro atoms. The van der Waals surface area contributed by atoms with Crippen LogP contribution in [0.15, 0.2) is 17.4 Å². The lowest BCUT2D eigenvalue weighted by Crippen LogP contribution is -2.38. The van der Waals surface area contributed by atoms with Gasteiger partial charge in [-0.1, -0.05) is 20.4 Å². The lowest BCUT2D eigenvalue weighted by Gasteiger charge is -2.32. The van der Waals surface area contributed by atoms with E-state index in [1.807, 2.05) is 0 Å². The van der Waals surface area contributed by atoms with Crippen molar-refractivity contribution in [3.05, 3.63) is 12.4 Å². The summed E-state index contributed by atoms with van der Waals surface area (Å²) in [5.41, 5.74) is 0. The molecule has 0 aliphatic heterocycles. The van der Waals surface area contributed by atoms with Crippen molar-refractivity contribution in [1.82, 2.24) is 9.80 Å². The molecule has 0 heterocycles. The van der Waals surface area contributed by atoms with Crippen LogP contribution in [0.5, 0.6) is 0 Å². The first-order chi connectivity index (χ1) is 9.88. The van der Waals surface area contributed by atoms with Crippen LogP contribution >= 0.6 is 0 Å². The van der Waals surface area contributed by atoms with Gasteiger partial charge in [0.15, 0.2) is 0 Å². The molecule has 1 atom stereocenters. The van der Waals surface area contributed by atoms with E-state index < -0.39 is 0 Å². The molecule has 4 heteroatoms. The van der Waals surface area contributed by atoms with Crippen molar-refractivity contribution in [2.24, 2.45) is 4.99 Å². The van der Waals surface area contributed by atoms with E-state index in [2.05, 4.69) is 57.9 Å². The summed E-state index contributed by atoms with van der Waals surface area (Å²) < 4.78 is 5.18. The predicted molar refractivity (Wildman–Crippen MR) is 92.7 cm³/mol. The SMILES string of the molecule is C=C(N=C(C)N(CCC)[C@@H](C)CC)N(CCOC)C(C)C. The number of methoxy groups -OCH3 is 1. The largest absolute Gasteiger partial charge is 0.383 e. The van der Waals surface area contributed by atoms with Gasteiger partial charge in [-0.25, -0.2) is 4.99 Å². The van der Waals surface area contributed by atoms with Crippen molar-refractivity contribution in [3.63, 3.8) is 0 Å². The Labute approximate surface area is 131 Å². The van der Waals surface area contributed by atoms with Crippen molar-refractivity contribution >= 4 is 5.84 Å². The Morgan fingerprint density at radius 1 is 1.14 bits per heavy atom. The predicted octanol–water partition coefficient (Wildman–Crippen LogP) is 3.74. The highest BCUT2D eigenvalue weighted by Gasteiger charge is 2.15. The Morgan fingerprint density at radius 2 is 1.76 bits per heavy atom. The molecule has 0 aliphatic rings. The Balaban J connectivity index is 5.00. The summed E-state index contributed by atoms with van der Waals surface area (Å²) in [5, 5.41) is 0. The molecule has 0 saturated heterocycles. The van der Waals surface area contributed by atoms with Crippen molar-refractivity contribution < 1.29 is 4.74 Å². The van der Waals surface area contributed by atoms with Crippen LogP contribution < -0.4 is 0 Å². The molecule has 0 aromatic carbocycles. The van der Waals surface area contributed by atoms with Gasteiger partial charge in [0, 0.05) is 32.3 Å². The maximum absolute atomic E-state index is 5.18. The van der Waals surface area contributed by atoms with Gasteiger partial charge >= 0.3 is 0 Å². The van der Waals surface area contributed by atoms with Crippen LogP contribution in [-0.4, -0.2) is 54.5 Å². The summed E-state index contributed by atoms with van der Waals surface area (Å²) in [6.07, 6.45) is 2.25. The number of nitrogens with zero attached hydrogens (tertiary/aromatic N) is 3. The number of ether oxygens (including phenoxy) is 1. The second-order valence-electron chi connectivity index (χ2n) is 5.81. The van der Waals surface area contributed by atoms with E-state index in [0.29, 0.717) is 18.7 Å². The highest BCUT2D eigenvalue weighted by molar-refractivity contribution is 5.80. The average molecular weight is 297 g/mol. The van der Waals surface area contributed by atoms with E-state index in [9.17, 15) is 0 Å². The maximum Gasteiger partial charge on any atom is 0.123 e. The lowest BCUT2D eigenvalue weighted by molar-refractivity contribution is 0.150. The Morgan fingerprint density at radius 3 is 2.19 bits per heavy atom. The van der Waals surface area contributed by atoms with Crippen LogP contribution in [0.4, 0.5) is 0 Å². The van der Waals surface area contributed by atoms with Crippen LogP contribution in [-0.2, 0) is 4.74 Å². The summed E-state index contributed by atoms with van der Waals surface area (Å²) in [5.74, 6) is 1.88. The molecule has 0 N–H and O–H groups in total. The fourth-order valence-corrected chi connectivity index (χ4v) is 2.35. The summed E-state index contributed by atoms with van der Waals surface area (Å²) in [7, 11) is 1.72. The van der Waals surface area contributed by atoms with Crippen molar-refractivity contribution in [1.29, 1.82) is 0 Å². The van der Waals surface area contributed by atoms with Gasteiger partial charge in [0.2, 0.25) is 0 Å². The molecule has 124 valence electrons. The fraction of sp³-hybridized carbons (Fsp3) is 0.824. The van der Waals surface area contributed by atoms with Gasteiger partial charge < -0.3 is 14.5 Å². The van der Waals surface area contributed by atoms with Crippen LogP contribution in [0.3, 0.4) is 0 Å². The standard InChI is InChI=1S/C17H35N3O/c1-9-11-20(15(5)10-2)17(7)18-16(6)19(14(3)4)12-13-21-8/h14-15H,6,9-13H2,1-5,7-8H3/t15-/m0/s1. The highest BCUT2D eigenvalue weighted by atomic mass is 16.5. The van der Waals surface area contributed by atoms with Crippen molar-refractivity contribution in [3.8, 4) is 0 Å². The second kappa shape index (κ2) is 10.7. The van der Waals surface area contributed by atoms with Gasteiger partial charge in [0.1, 0.15) is 11.7 Å². The van der Waals surface area contributed by atoms with Crippen LogP contribution in [0.1, 0.15) is 54.4 Å². The second-order valence-corrected chi connectivity index (χ2v) is 5.81.